The van der Waals surface area contributed by atoms with Crippen molar-refractivity contribution in [1.82, 2.24) is 20.1 Å². The zero-order chi connectivity index (χ0) is 32.8. The number of aryl methyl sites for hydroxylation is 2. The molecule has 242 valence electrons. The molecule has 4 aromatic rings. The van der Waals surface area contributed by atoms with Crippen LogP contribution in [0.2, 0.25) is 0 Å². The Morgan fingerprint density at radius 1 is 1.11 bits per heavy atom. The number of carbonyl (C=O) groups excluding carboxylic acids is 1. The van der Waals surface area contributed by atoms with Gasteiger partial charge in [-0.15, -0.1) is 18.3 Å². The predicted molar refractivity (Wildman–Crippen MR) is 177 cm³/mol. The van der Waals surface area contributed by atoms with Gasteiger partial charge in [-0.1, -0.05) is 62.0 Å². The summed E-state index contributed by atoms with van der Waals surface area (Å²) in [4.78, 5) is 23.9. The molecule has 2 amide bonds. The fourth-order valence-electron chi connectivity index (χ4n) is 5.24. The lowest BCUT2D eigenvalue weighted by Crippen LogP contribution is -2.42. The van der Waals surface area contributed by atoms with Crippen LogP contribution in [0, 0.1) is 6.92 Å². The number of thioether (sulfide) groups is 1. The second-order valence-corrected chi connectivity index (χ2v) is 12.6. The first-order valence-corrected chi connectivity index (χ1v) is 16.2. The molecular weight excluding hydrogens is 613 g/mol. The van der Waals surface area contributed by atoms with E-state index in [2.05, 4.69) is 75.9 Å². The van der Waals surface area contributed by atoms with Gasteiger partial charge in [0.15, 0.2) is 11.0 Å². The molecule has 1 aromatic heterocycles. The van der Waals surface area contributed by atoms with Gasteiger partial charge in [0.1, 0.15) is 12.1 Å². The summed E-state index contributed by atoms with van der Waals surface area (Å²) in [6.07, 6.45) is -0.702. The molecule has 1 fully saturated rings. The van der Waals surface area contributed by atoms with Gasteiger partial charge in [-0.3, -0.25) is 0 Å². The highest BCUT2D eigenvalue weighted by Gasteiger charge is 2.31. The average molecular weight is 651 g/mol. The quantitative estimate of drug-likeness (QED) is 0.184. The van der Waals surface area contributed by atoms with Crippen LogP contribution in [0.1, 0.15) is 56.2 Å². The summed E-state index contributed by atoms with van der Waals surface area (Å²) < 4.78 is 42.7. The van der Waals surface area contributed by atoms with Crippen molar-refractivity contribution in [3.05, 3.63) is 89.7 Å². The fourth-order valence-corrected chi connectivity index (χ4v) is 6.45. The zero-order valence-electron chi connectivity index (χ0n) is 26.2. The monoisotopic (exact) mass is 650 g/mol. The van der Waals surface area contributed by atoms with E-state index in [1.807, 2.05) is 24.3 Å². The molecular formula is C34H37F3N6O2S. The number of nitrogens with one attached hydrogen (secondary N) is 1. The van der Waals surface area contributed by atoms with Gasteiger partial charge in [0.25, 0.3) is 0 Å². The molecule has 0 spiro atoms. The number of hydrogen-bond acceptors (Lipinski definition) is 5. The van der Waals surface area contributed by atoms with Crippen molar-refractivity contribution in [2.75, 3.05) is 17.2 Å². The maximum absolute atomic E-state index is 12.9. The van der Waals surface area contributed by atoms with E-state index in [1.165, 1.54) is 46.4 Å². The van der Waals surface area contributed by atoms with Crippen LogP contribution in [-0.4, -0.2) is 50.7 Å². The smallest absolute Gasteiger partial charge is 0.406 e. The van der Waals surface area contributed by atoms with Crippen molar-refractivity contribution in [2.24, 2.45) is 4.99 Å². The molecule has 1 N–H and O–H groups in total. The highest BCUT2D eigenvalue weighted by Crippen LogP contribution is 2.35. The predicted octanol–water partition coefficient (Wildman–Crippen LogP) is 8.29. The fraction of sp³-hybridized carbons (Fsp3) is 0.353. The molecule has 1 saturated heterocycles. The van der Waals surface area contributed by atoms with Crippen LogP contribution in [0.25, 0.3) is 17.1 Å². The number of nitrogens with zero attached hydrogens (tertiary/aromatic N) is 5. The van der Waals surface area contributed by atoms with E-state index in [9.17, 15) is 18.0 Å². The molecule has 8 nitrogen and oxygen atoms in total. The van der Waals surface area contributed by atoms with Crippen LogP contribution in [0.4, 0.5) is 23.7 Å². The number of ether oxygens (including phenoxy) is 1. The molecule has 1 unspecified atom stereocenters. The Balaban J connectivity index is 1.14. The Hall–Kier alpha value is -4.32. The van der Waals surface area contributed by atoms with E-state index in [-0.39, 0.29) is 17.8 Å². The van der Waals surface area contributed by atoms with E-state index in [0.717, 1.165) is 47.0 Å². The maximum Gasteiger partial charge on any atom is 0.573 e. The molecule has 1 atom stereocenters. The number of halogens is 3. The maximum atomic E-state index is 12.9. The average Bonchev–Trinajstić information content (AvgIpc) is 3.50. The van der Waals surface area contributed by atoms with Crippen molar-refractivity contribution in [1.29, 1.82) is 0 Å². The van der Waals surface area contributed by atoms with Crippen LogP contribution >= 0.6 is 11.8 Å². The molecule has 5 rings (SSSR count). The lowest BCUT2D eigenvalue weighted by molar-refractivity contribution is -0.274. The van der Waals surface area contributed by atoms with Gasteiger partial charge < -0.3 is 15.0 Å². The first-order valence-electron chi connectivity index (χ1n) is 15.2. The standard InChI is InChI=1S/C34H37F3N6O2S/c1-22(2)29-16-7-23(3)20-30(29)43-24(4)17-19-46-33(43)40-32(44)38-18-5-6-25-8-10-26(11-9-25)31-39-21-42(41-31)27-12-14-28(15-13-27)45-34(35,36)37/h7-16,20-22,24H,5-6,17-19H2,1-4H3,(H,38,44). The molecule has 0 bridgehead atoms. The molecule has 1 aliphatic rings. The van der Waals surface area contributed by atoms with Gasteiger partial charge in [-0.2, -0.15) is 4.99 Å². The van der Waals surface area contributed by atoms with Gasteiger partial charge in [-0.05, 0) is 86.1 Å². The summed E-state index contributed by atoms with van der Waals surface area (Å²) in [6, 6.07) is 19.7. The number of amides is 2. The number of aromatic nitrogens is 3. The Kier molecular flexibility index (Phi) is 10.4. The third-order valence-corrected chi connectivity index (χ3v) is 8.62. The van der Waals surface area contributed by atoms with Gasteiger partial charge in [0.05, 0.1) is 5.69 Å². The van der Waals surface area contributed by atoms with E-state index in [4.69, 9.17) is 0 Å². The van der Waals surface area contributed by atoms with Gasteiger partial charge in [0, 0.05) is 29.6 Å². The van der Waals surface area contributed by atoms with Crippen molar-refractivity contribution in [2.45, 2.75) is 65.3 Å². The minimum Gasteiger partial charge on any atom is -0.406 e. The summed E-state index contributed by atoms with van der Waals surface area (Å²) in [5.41, 5.74) is 6.01. The Labute approximate surface area is 271 Å². The second-order valence-electron chi connectivity index (χ2n) is 11.6. The van der Waals surface area contributed by atoms with Crippen molar-refractivity contribution in [3.63, 3.8) is 0 Å². The summed E-state index contributed by atoms with van der Waals surface area (Å²) in [5, 5.41) is 8.14. The first kappa shape index (κ1) is 33.1. The van der Waals surface area contributed by atoms with Gasteiger partial charge in [-0.25, -0.2) is 14.5 Å². The van der Waals surface area contributed by atoms with E-state index >= 15 is 0 Å². The number of rotatable bonds is 9. The molecule has 0 aliphatic carbocycles. The van der Waals surface area contributed by atoms with Crippen molar-refractivity contribution < 1.29 is 22.7 Å². The van der Waals surface area contributed by atoms with Crippen LogP contribution in [0.3, 0.4) is 0 Å². The highest BCUT2D eigenvalue weighted by atomic mass is 32.2. The van der Waals surface area contributed by atoms with Crippen molar-refractivity contribution in [3.8, 4) is 22.8 Å². The zero-order valence-corrected chi connectivity index (χ0v) is 27.0. The SMILES string of the molecule is Cc1ccc(C(C)C)c(N2C(=NC(=O)NCCCc3ccc(-c4ncn(-c5ccc(OC(F)(F)F)cc5)n4)cc3)SCCC2C)c1. The van der Waals surface area contributed by atoms with Crippen LogP contribution in [0.5, 0.6) is 5.75 Å². The lowest BCUT2D eigenvalue weighted by atomic mass is 9.98. The minimum atomic E-state index is -4.74. The minimum absolute atomic E-state index is 0.243. The number of aliphatic imine (C=N–C) groups is 1. The molecule has 3 aromatic carbocycles. The number of alkyl halides is 3. The largest absolute Gasteiger partial charge is 0.573 e. The molecule has 2 heterocycles. The molecule has 1 aliphatic heterocycles. The third kappa shape index (κ3) is 8.48. The molecule has 0 saturated carbocycles. The molecule has 12 heteroatoms. The summed E-state index contributed by atoms with van der Waals surface area (Å²) in [5.74, 6) is 1.46. The Bertz CT molecular complexity index is 1670. The summed E-state index contributed by atoms with van der Waals surface area (Å²) >= 11 is 1.62. The Morgan fingerprint density at radius 2 is 1.85 bits per heavy atom. The number of carbonyl (C=O) groups is 1. The number of benzene rings is 3. The van der Waals surface area contributed by atoms with Gasteiger partial charge >= 0.3 is 12.4 Å². The second kappa shape index (κ2) is 14.4. The van der Waals surface area contributed by atoms with Crippen LogP contribution in [0.15, 0.2) is 78.0 Å². The number of amidine groups is 1. The van der Waals surface area contributed by atoms with E-state index in [1.54, 1.807) is 11.8 Å². The number of hydrogen-bond donors (Lipinski definition) is 1. The van der Waals surface area contributed by atoms with E-state index in [0.29, 0.717) is 24.0 Å². The normalized spacial score (nSPS) is 16.2. The van der Waals surface area contributed by atoms with E-state index < -0.39 is 6.36 Å². The number of anilines is 1. The number of urea groups is 1. The first-order chi connectivity index (χ1) is 22.0. The van der Waals surface area contributed by atoms with Crippen LogP contribution in [-0.2, 0) is 6.42 Å². The Morgan fingerprint density at radius 3 is 2.54 bits per heavy atom. The van der Waals surface area contributed by atoms with Crippen molar-refractivity contribution >= 4 is 28.6 Å². The lowest BCUT2D eigenvalue weighted by Gasteiger charge is -2.37. The molecule has 46 heavy (non-hydrogen) atoms. The van der Waals surface area contributed by atoms with Gasteiger partial charge in [0.2, 0.25) is 0 Å². The summed E-state index contributed by atoms with van der Waals surface area (Å²) in [6.45, 7) is 9.14. The third-order valence-electron chi connectivity index (χ3n) is 7.64. The summed E-state index contributed by atoms with van der Waals surface area (Å²) in [7, 11) is 0. The molecule has 0 radical (unpaired) electrons. The van der Waals surface area contributed by atoms with Crippen LogP contribution < -0.4 is 15.0 Å². The topological polar surface area (TPSA) is 84.6 Å². The highest BCUT2D eigenvalue weighted by molar-refractivity contribution is 8.14.